The highest BCUT2D eigenvalue weighted by molar-refractivity contribution is 6.05. The van der Waals surface area contributed by atoms with Crippen LogP contribution in [0.25, 0.3) is 0 Å². The SMILES string of the molecule is Cc1cccc(NC(=O)C2CC(=O)N(C(C)C)C2)c1C(N)=O. The van der Waals surface area contributed by atoms with Gasteiger partial charge in [0.15, 0.2) is 0 Å². The summed E-state index contributed by atoms with van der Waals surface area (Å²) in [4.78, 5) is 37.5. The lowest BCUT2D eigenvalue weighted by Crippen LogP contribution is -2.33. The normalized spacial score (nSPS) is 17.9. The van der Waals surface area contributed by atoms with E-state index in [-0.39, 0.29) is 24.3 Å². The molecule has 6 heteroatoms. The molecule has 0 spiro atoms. The molecule has 1 aliphatic rings. The Hall–Kier alpha value is -2.37. The van der Waals surface area contributed by atoms with Crippen molar-refractivity contribution >= 4 is 23.4 Å². The van der Waals surface area contributed by atoms with Gasteiger partial charge in [0.05, 0.1) is 17.2 Å². The number of rotatable bonds is 4. The van der Waals surface area contributed by atoms with E-state index >= 15 is 0 Å². The molecule has 0 bridgehead atoms. The number of amides is 3. The second kappa shape index (κ2) is 6.17. The van der Waals surface area contributed by atoms with E-state index < -0.39 is 11.8 Å². The molecule has 1 heterocycles. The minimum absolute atomic E-state index is 0.0190. The zero-order valence-electron chi connectivity index (χ0n) is 13.1. The zero-order chi connectivity index (χ0) is 16.4. The maximum atomic E-state index is 12.4. The second-order valence-corrected chi connectivity index (χ2v) is 5.89. The number of nitrogens with two attached hydrogens (primary N) is 1. The first-order valence-corrected chi connectivity index (χ1v) is 7.31. The molecule has 0 radical (unpaired) electrons. The number of hydrogen-bond acceptors (Lipinski definition) is 3. The summed E-state index contributed by atoms with van der Waals surface area (Å²) in [5.41, 5.74) is 6.78. The summed E-state index contributed by atoms with van der Waals surface area (Å²) in [6.07, 6.45) is 0.196. The van der Waals surface area contributed by atoms with Crippen LogP contribution in [-0.2, 0) is 9.59 Å². The Kier molecular flexibility index (Phi) is 4.49. The molecule has 2 rings (SSSR count). The van der Waals surface area contributed by atoms with Gasteiger partial charge in [-0.05, 0) is 32.4 Å². The van der Waals surface area contributed by atoms with Crippen LogP contribution in [-0.4, -0.2) is 35.2 Å². The Morgan fingerprint density at radius 3 is 2.59 bits per heavy atom. The van der Waals surface area contributed by atoms with Crippen molar-refractivity contribution in [3.8, 4) is 0 Å². The molecule has 3 amide bonds. The second-order valence-electron chi connectivity index (χ2n) is 5.89. The fourth-order valence-electron chi connectivity index (χ4n) is 2.74. The summed E-state index contributed by atoms with van der Waals surface area (Å²) >= 11 is 0. The molecule has 1 unspecified atom stereocenters. The van der Waals surface area contributed by atoms with E-state index in [0.717, 1.165) is 0 Å². The van der Waals surface area contributed by atoms with Gasteiger partial charge in [-0.25, -0.2) is 0 Å². The van der Waals surface area contributed by atoms with Crippen LogP contribution in [0.5, 0.6) is 0 Å². The molecule has 1 aliphatic heterocycles. The van der Waals surface area contributed by atoms with Crippen molar-refractivity contribution in [1.29, 1.82) is 0 Å². The molecular weight excluding hydrogens is 282 g/mol. The highest BCUT2D eigenvalue weighted by Gasteiger charge is 2.35. The van der Waals surface area contributed by atoms with Crippen molar-refractivity contribution in [2.75, 3.05) is 11.9 Å². The molecule has 0 saturated carbocycles. The topological polar surface area (TPSA) is 92.5 Å². The minimum atomic E-state index is -0.584. The Bertz CT molecular complexity index is 625. The van der Waals surface area contributed by atoms with E-state index in [1.54, 1.807) is 30.0 Å². The third kappa shape index (κ3) is 3.10. The van der Waals surface area contributed by atoms with Crippen molar-refractivity contribution in [2.24, 2.45) is 11.7 Å². The van der Waals surface area contributed by atoms with Crippen LogP contribution < -0.4 is 11.1 Å². The van der Waals surface area contributed by atoms with Gasteiger partial charge in [-0.3, -0.25) is 14.4 Å². The maximum absolute atomic E-state index is 12.4. The van der Waals surface area contributed by atoms with Crippen molar-refractivity contribution in [3.05, 3.63) is 29.3 Å². The Morgan fingerprint density at radius 1 is 1.36 bits per heavy atom. The Balaban J connectivity index is 2.16. The number of nitrogens with one attached hydrogen (secondary N) is 1. The van der Waals surface area contributed by atoms with Gasteiger partial charge in [-0.2, -0.15) is 0 Å². The molecule has 1 aromatic carbocycles. The average molecular weight is 303 g/mol. The molecule has 3 N–H and O–H groups in total. The summed E-state index contributed by atoms with van der Waals surface area (Å²) in [5, 5.41) is 2.74. The molecule has 1 atom stereocenters. The van der Waals surface area contributed by atoms with E-state index in [0.29, 0.717) is 23.4 Å². The molecular formula is C16H21N3O3. The van der Waals surface area contributed by atoms with E-state index in [1.165, 1.54) is 0 Å². The van der Waals surface area contributed by atoms with E-state index in [9.17, 15) is 14.4 Å². The number of carbonyl (C=O) groups excluding carboxylic acids is 3. The van der Waals surface area contributed by atoms with Crippen LogP contribution in [0.3, 0.4) is 0 Å². The predicted octanol–water partition coefficient (Wildman–Crippen LogP) is 1.29. The quantitative estimate of drug-likeness (QED) is 0.877. The lowest BCUT2D eigenvalue weighted by Gasteiger charge is -2.21. The number of aryl methyl sites for hydroxylation is 1. The van der Waals surface area contributed by atoms with Crippen LogP contribution in [0.4, 0.5) is 5.69 Å². The van der Waals surface area contributed by atoms with Gasteiger partial charge in [0.1, 0.15) is 0 Å². The summed E-state index contributed by atoms with van der Waals surface area (Å²) in [6, 6.07) is 5.22. The van der Waals surface area contributed by atoms with Gasteiger partial charge in [0.25, 0.3) is 5.91 Å². The number of hydrogen-bond donors (Lipinski definition) is 2. The molecule has 6 nitrogen and oxygen atoms in total. The average Bonchev–Trinajstić information content (AvgIpc) is 2.80. The number of benzene rings is 1. The standard InChI is InChI=1S/C16H21N3O3/c1-9(2)19-8-11(7-13(19)20)16(22)18-12-6-4-5-10(3)14(12)15(17)21/h4-6,9,11H,7-8H2,1-3H3,(H2,17,21)(H,18,22). The van der Waals surface area contributed by atoms with E-state index in [2.05, 4.69) is 5.32 Å². The highest BCUT2D eigenvalue weighted by Crippen LogP contribution is 2.24. The fourth-order valence-corrected chi connectivity index (χ4v) is 2.74. The van der Waals surface area contributed by atoms with Crippen LogP contribution in [0.1, 0.15) is 36.2 Å². The van der Waals surface area contributed by atoms with Crippen molar-refractivity contribution < 1.29 is 14.4 Å². The monoisotopic (exact) mass is 303 g/mol. The highest BCUT2D eigenvalue weighted by atomic mass is 16.2. The van der Waals surface area contributed by atoms with E-state index in [1.807, 2.05) is 13.8 Å². The van der Waals surface area contributed by atoms with Crippen molar-refractivity contribution in [3.63, 3.8) is 0 Å². The first-order chi connectivity index (χ1) is 10.3. The molecule has 1 saturated heterocycles. The summed E-state index contributed by atoms with van der Waals surface area (Å²) < 4.78 is 0. The van der Waals surface area contributed by atoms with Crippen molar-refractivity contribution in [1.82, 2.24) is 4.90 Å². The van der Waals surface area contributed by atoms with Gasteiger partial charge < -0.3 is 16.0 Å². The number of likely N-dealkylation sites (tertiary alicyclic amines) is 1. The number of primary amides is 1. The van der Waals surface area contributed by atoms with Gasteiger partial charge >= 0.3 is 0 Å². The first kappa shape index (κ1) is 16.0. The molecule has 118 valence electrons. The fraction of sp³-hybridized carbons (Fsp3) is 0.438. The Morgan fingerprint density at radius 2 is 2.05 bits per heavy atom. The van der Waals surface area contributed by atoms with Gasteiger partial charge in [0, 0.05) is 19.0 Å². The zero-order valence-corrected chi connectivity index (χ0v) is 13.1. The summed E-state index contributed by atoms with van der Waals surface area (Å²) in [5.74, 6) is -1.27. The number of anilines is 1. The third-order valence-electron chi connectivity index (χ3n) is 3.93. The molecule has 0 aliphatic carbocycles. The first-order valence-electron chi connectivity index (χ1n) is 7.31. The lowest BCUT2D eigenvalue weighted by atomic mass is 10.0. The molecule has 22 heavy (non-hydrogen) atoms. The summed E-state index contributed by atoms with van der Waals surface area (Å²) in [6.45, 7) is 6.00. The minimum Gasteiger partial charge on any atom is -0.366 e. The van der Waals surface area contributed by atoms with Crippen LogP contribution in [0, 0.1) is 12.8 Å². The van der Waals surface area contributed by atoms with Gasteiger partial charge in [0.2, 0.25) is 11.8 Å². The number of carbonyl (C=O) groups is 3. The van der Waals surface area contributed by atoms with Crippen LogP contribution in [0.2, 0.25) is 0 Å². The summed E-state index contributed by atoms with van der Waals surface area (Å²) in [7, 11) is 0. The van der Waals surface area contributed by atoms with Gasteiger partial charge in [-0.15, -0.1) is 0 Å². The predicted molar refractivity (Wildman–Crippen MR) is 83.3 cm³/mol. The largest absolute Gasteiger partial charge is 0.366 e. The van der Waals surface area contributed by atoms with Gasteiger partial charge in [-0.1, -0.05) is 12.1 Å². The van der Waals surface area contributed by atoms with Crippen LogP contribution in [0.15, 0.2) is 18.2 Å². The molecule has 1 fully saturated rings. The molecule has 1 aromatic rings. The third-order valence-corrected chi connectivity index (χ3v) is 3.93. The maximum Gasteiger partial charge on any atom is 0.251 e. The molecule has 0 aromatic heterocycles. The smallest absolute Gasteiger partial charge is 0.251 e. The van der Waals surface area contributed by atoms with E-state index in [4.69, 9.17) is 5.73 Å². The Labute approximate surface area is 129 Å². The van der Waals surface area contributed by atoms with Crippen LogP contribution >= 0.6 is 0 Å². The number of nitrogens with zero attached hydrogens (tertiary/aromatic N) is 1. The van der Waals surface area contributed by atoms with Crippen molar-refractivity contribution in [2.45, 2.75) is 33.2 Å². The lowest BCUT2D eigenvalue weighted by molar-refractivity contribution is -0.129.